The highest BCUT2D eigenvalue weighted by Crippen LogP contribution is 2.46. The molecular weight excluding hydrogens is 406 g/mol. The molecule has 7 nitrogen and oxygen atoms in total. The molecule has 0 bridgehead atoms. The summed E-state index contributed by atoms with van der Waals surface area (Å²) in [4.78, 5) is 29.5. The van der Waals surface area contributed by atoms with Crippen LogP contribution < -0.4 is 0 Å². The van der Waals surface area contributed by atoms with Gasteiger partial charge in [0.15, 0.2) is 0 Å². The Morgan fingerprint density at radius 3 is 2.03 bits per heavy atom. The predicted octanol–water partition coefficient (Wildman–Crippen LogP) is 3.72. The van der Waals surface area contributed by atoms with Gasteiger partial charge < -0.3 is 9.67 Å². The molecule has 0 spiro atoms. The highest BCUT2D eigenvalue weighted by atomic mass is 16.5. The predicted molar refractivity (Wildman–Crippen MR) is 119 cm³/mol. The van der Waals surface area contributed by atoms with Crippen LogP contribution in [0.15, 0.2) is 67.3 Å². The van der Waals surface area contributed by atoms with Gasteiger partial charge in [0.25, 0.3) is 11.8 Å². The van der Waals surface area contributed by atoms with Crippen molar-refractivity contribution < 1.29 is 19.9 Å². The van der Waals surface area contributed by atoms with Crippen LogP contribution in [-0.2, 0) is 15.1 Å². The maximum absolute atomic E-state index is 13.2. The lowest BCUT2D eigenvalue weighted by molar-refractivity contribution is -0.176. The number of rotatable bonds is 5. The van der Waals surface area contributed by atoms with Gasteiger partial charge in [-0.05, 0) is 45.9 Å². The largest absolute Gasteiger partial charge is 0.396 e. The van der Waals surface area contributed by atoms with Crippen LogP contribution in [0.1, 0.15) is 27.2 Å². The minimum atomic E-state index is -1.39. The molecule has 166 valence electrons. The third-order valence-corrected chi connectivity index (χ3v) is 6.41. The van der Waals surface area contributed by atoms with Crippen LogP contribution in [0.5, 0.6) is 0 Å². The Balaban J connectivity index is 1.74. The standard InChI is InChI=1S/C25H27N3O4/c1-24(2,3)21(16-29)25(14-22(30)28(32)23(25)31)27-13-10-20(15-27)18-6-4-17(5-7-18)19-8-11-26-12-9-19/h4-13,15,21,29,32H,14,16H2,1-3H3/t21-,25+/m0/s1. The molecule has 0 saturated carbocycles. The summed E-state index contributed by atoms with van der Waals surface area (Å²) in [6.07, 6.45) is 6.84. The fourth-order valence-corrected chi connectivity index (χ4v) is 4.69. The molecule has 2 N–H and O–H groups in total. The van der Waals surface area contributed by atoms with E-state index >= 15 is 0 Å². The summed E-state index contributed by atoms with van der Waals surface area (Å²) in [5.74, 6) is -1.97. The minimum Gasteiger partial charge on any atom is -0.396 e. The van der Waals surface area contributed by atoms with Gasteiger partial charge in [0.05, 0.1) is 6.42 Å². The van der Waals surface area contributed by atoms with Gasteiger partial charge in [0, 0.05) is 37.3 Å². The van der Waals surface area contributed by atoms with Gasteiger partial charge in [-0.2, -0.15) is 5.06 Å². The summed E-state index contributed by atoms with van der Waals surface area (Å²) in [6.45, 7) is 5.44. The average Bonchev–Trinajstić information content (AvgIpc) is 3.35. The van der Waals surface area contributed by atoms with Crippen LogP contribution in [0.25, 0.3) is 22.3 Å². The monoisotopic (exact) mass is 433 g/mol. The van der Waals surface area contributed by atoms with Crippen LogP contribution in [0.3, 0.4) is 0 Å². The van der Waals surface area contributed by atoms with Gasteiger partial charge in [-0.25, -0.2) is 0 Å². The SMILES string of the molecule is CC(C)(C)[C@H](CO)[C@]1(n2ccc(-c3ccc(-c4ccncc4)cc3)c2)CC(=O)N(O)C1=O. The van der Waals surface area contributed by atoms with E-state index in [1.807, 2.05) is 63.2 Å². The number of aliphatic hydroxyl groups excluding tert-OH is 1. The summed E-state index contributed by atoms with van der Waals surface area (Å²) in [5.41, 5.74) is 2.06. The number of imide groups is 1. The smallest absolute Gasteiger partial charge is 0.280 e. The van der Waals surface area contributed by atoms with Gasteiger partial charge >= 0.3 is 0 Å². The van der Waals surface area contributed by atoms with Crippen LogP contribution in [0.4, 0.5) is 0 Å². The van der Waals surface area contributed by atoms with Crippen molar-refractivity contribution in [3.63, 3.8) is 0 Å². The Morgan fingerprint density at radius 1 is 0.969 bits per heavy atom. The lowest BCUT2D eigenvalue weighted by Gasteiger charge is -2.42. The Morgan fingerprint density at radius 2 is 1.53 bits per heavy atom. The van der Waals surface area contributed by atoms with Crippen molar-refractivity contribution in [3.05, 3.63) is 67.3 Å². The zero-order valence-corrected chi connectivity index (χ0v) is 18.4. The molecule has 0 aliphatic carbocycles. The Bertz CT molecular complexity index is 1130. The number of benzene rings is 1. The number of nitrogens with zero attached hydrogens (tertiary/aromatic N) is 3. The fourth-order valence-electron chi connectivity index (χ4n) is 4.69. The Hall–Kier alpha value is -3.29. The number of pyridine rings is 1. The summed E-state index contributed by atoms with van der Waals surface area (Å²) < 4.78 is 1.68. The van der Waals surface area contributed by atoms with E-state index in [4.69, 9.17) is 0 Å². The summed E-state index contributed by atoms with van der Waals surface area (Å²) in [6, 6.07) is 13.8. The normalized spacial score (nSPS) is 20.1. The summed E-state index contributed by atoms with van der Waals surface area (Å²) in [5, 5.41) is 20.5. The minimum absolute atomic E-state index is 0.192. The third kappa shape index (κ3) is 3.53. The molecule has 0 radical (unpaired) electrons. The van der Waals surface area contributed by atoms with Crippen LogP contribution >= 0.6 is 0 Å². The maximum Gasteiger partial charge on any atom is 0.280 e. The number of carbonyl (C=O) groups excluding carboxylic acids is 2. The number of hydrogen-bond acceptors (Lipinski definition) is 5. The highest BCUT2D eigenvalue weighted by Gasteiger charge is 2.59. The maximum atomic E-state index is 13.2. The topological polar surface area (TPSA) is 95.7 Å². The molecule has 3 heterocycles. The summed E-state index contributed by atoms with van der Waals surface area (Å²) in [7, 11) is 0. The van der Waals surface area contributed by atoms with E-state index in [1.165, 1.54) is 0 Å². The fraction of sp³-hybridized carbons (Fsp3) is 0.320. The molecule has 1 fully saturated rings. The first-order chi connectivity index (χ1) is 15.2. The second-order valence-electron chi connectivity index (χ2n) is 9.33. The molecule has 2 atom stereocenters. The number of aliphatic hydroxyl groups is 1. The van der Waals surface area contributed by atoms with Crippen LogP contribution in [0, 0.1) is 11.3 Å². The van der Waals surface area contributed by atoms with E-state index in [2.05, 4.69) is 4.98 Å². The second kappa shape index (κ2) is 8.00. The van der Waals surface area contributed by atoms with Crippen LogP contribution in [0.2, 0.25) is 0 Å². The molecule has 1 aromatic carbocycles. The average molecular weight is 434 g/mol. The number of amides is 2. The number of carbonyl (C=O) groups is 2. The summed E-state index contributed by atoms with van der Waals surface area (Å²) >= 11 is 0. The molecule has 1 saturated heterocycles. The molecule has 0 unspecified atom stereocenters. The van der Waals surface area contributed by atoms with Crippen molar-refractivity contribution in [2.75, 3.05) is 6.61 Å². The molecule has 1 aliphatic rings. The van der Waals surface area contributed by atoms with E-state index in [0.717, 1.165) is 22.3 Å². The molecule has 32 heavy (non-hydrogen) atoms. The van der Waals surface area contributed by atoms with Crippen LogP contribution in [-0.4, -0.2) is 43.3 Å². The van der Waals surface area contributed by atoms with Crippen molar-refractivity contribution in [3.8, 4) is 22.3 Å². The van der Waals surface area contributed by atoms with E-state index < -0.39 is 28.7 Å². The van der Waals surface area contributed by atoms with E-state index in [1.54, 1.807) is 29.4 Å². The molecule has 2 aromatic heterocycles. The zero-order chi connectivity index (χ0) is 23.1. The van der Waals surface area contributed by atoms with Crippen molar-refractivity contribution in [2.45, 2.75) is 32.7 Å². The van der Waals surface area contributed by atoms with E-state index in [9.17, 15) is 19.9 Å². The van der Waals surface area contributed by atoms with Gasteiger partial charge in [0.2, 0.25) is 0 Å². The number of hydrogen-bond donors (Lipinski definition) is 2. The molecule has 1 aliphatic heterocycles. The zero-order valence-electron chi connectivity index (χ0n) is 18.4. The van der Waals surface area contributed by atoms with E-state index in [0.29, 0.717) is 0 Å². The molecule has 3 aromatic rings. The molecule has 7 heteroatoms. The first-order valence-electron chi connectivity index (χ1n) is 10.5. The highest BCUT2D eigenvalue weighted by molar-refractivity contribution is 6.06. The van der Waals surface area contributed by atoms with Crippen molar-refractivity contribution in [1.29, 1.82) is 0 Å². The van der Waals surface area contributed by atoms with Gasteiger partial charge in [-0.15, -0.1) is 0 Å². The Labute approximate surface area is 186 Å². The first kappa shape index (κ1) is 21.9. The molecule has 2 amide bonds. The lowest BCUT2D eigenvalue weighted by Crippen LogP contribution is -2.53. The van der Waals surface area contributed by atoms with Gasteiger partial charge in [-0.3, -0.25) is 19.8 Å². The van der Waals surface area contributed by atoms with Crippen molar-refractivity contribution in [2.24, 2.45) is 11.3 Å². The van der Waals surface area contributed by atoms with Crippen molar-refractivity contribution >= 4 is 11.8 Å². The second-order valence-corrected chi connectivity index (χ2v) is 9.33. The van der Waals surface area contributed by atoms with E-state index in [-0.39, 0.29) is 18.1 Å². The first-order valence-corrected chi connectivity index (χ1v) is 10.5. The Kier molecular flexibility index (Phi) is 5.48. The number of hydroxylamine groups is 2. The van der Waals surface area contributed by atoms with Crippen molar-refractivity contribution in [1.82, 2.24) is 14.6 Å². The molecular formula is C25H27N3O4. The van der Waals surface area contributed by atoms with Gasteiger partial charge in [-0.1, -0.05) is 45.0 Å². The quantitative estimate of drug-likeness (QED) is 0.472. The van der Waals surface area contributed by atoms with Gasteiger partial charge in [0.1, 0.15) is 5.54 Å². The third-order valence-electron chi connectivity index (χ3n) is 6.41. The lowest BCUT2D eigenvalue weighted by atomic mass is 9.68. The molecule has 4 rings (SSSR count). The number of aromatic nitrogens is 2.